The third-order valence-electron chi connectivity index (χ3n) is 2.37. The van der Waals surface area contributed by atoms with Crippen LogP contribution in [0.2, 0.25) is 10.0 Å². The molecule has 1 N–H and O–H groups in total. The van der Waals surface area contributed by atoms with Crippen molar-refractivity contribution in [1.29, 1.82) is 0 Å². The van der Waals surface area contributed by atoms with E-state index in [0.29, 0.717) is 20.5 Å². The predicted octanol–water partition coefficient (Wildman–Crippen LogP) is 4.06. The summed E-state index contributed by atoms with van der Waals surface area (Å²) in [5.74, 6) is -0.912. The van der Waals surface area contributed by atoms with Crippen LogP contribution in [-0.2, 0) is 16.6 Å². The molecule has 0 saturated carbocycles. The van der Waals surface area contributed by atoms with Gasteiger partial charge in [0.1, 0.15) is 4.88 Å². The van der Waals surface area contributed by atoms with E-state index >= 15 is 0 Å². The molecule has 2 aromatic rings. The highest BCUT2D eigenvalue weighted by molar-refractivity contribution is 7.84. The van der Waals surface area contributed by atoms with Crippen molar-refractivity contribution in [3.63, 3.8) is 0 Å². The van der Waals surface area contributed by atoms with Gasteiger partial charge in [0.15, 0.2) is 0 Å². The second-order valence-electron chi connectivity index (χ2n) is 3.64. The minimum absolute atomic E-state index is 0.102. The lowest BCUT2D eigenvalue weighted by atomic mass is 10.3. The van der Waals surface area contributed by atoms with Crippen molar-refractivity contribution in [2.24, 2.45) is 0 Å². The van der Waals surface area contributed by atoms with E-state index in [-0.39, 0.29) is 10.6 Å². The molecule has 7 heteroatoms. The molecule has 0 bridgehead atoms. The van der Waals surface area contributed by atoms with Gasteiger partial charge in [0.05, 0.1) is 26.5 Å². The number of halogens is 2. The molecule has 1 heterocycles. The summed E-state index contributed by atoms with van der Waals surface area (Å²) >= 11 is 12.9. The van der Waals surface area contributed by atoms with Crippen LogP contribution in [0.1, 0.15) is 15.2 Å². The van der Waals surface area contributed by atoms with Crippen molar-refractivity contribution >= 4 is 51.3 Å². The number of hydrogen-bond acceptors (Lipinski definition) is 3. The van der Waals surface area contributed by atoms with Crippen LogP contribution in [0.15, 0.2) is 34.5 Å². The first-order valence-corrected chi connectivity index (χ1v) is 8.07. The second-order valence-corrected chi connectivity index (χ2v) is 6.82. The summed E-state index contributed by atoms with van der Waals surface area (Å²) in [5.41, 5.74) is 0.534. The molecule has 19 heavy (non-hydrogen) atoms. The lowest BCUT2D eigenvalue weighted by molar-refractivity contribution is 0.0701. The standard InChI is InChI=1S/C12H8Cl2O3S2/c13-8-1-2-9(14)10(5-8)19(17)6-7-3-4-18-11(7)12(15)16/h1-5H,6H2,(H,15,16). The Morgan fingerprint density at radius 1 is 1.32 bits per heavy atom. The molecule has 100 valence electrons. The molecule has 0 amide bonds. The molecular formula is C12H8Cl2O3S2. The molecule has 0 fully saturated rings. The summed E-state index contributed by atoms with van der Waals surface area (Å²) in [5, 5.41) is 11.5. The van der Waals surface area contributed by atoms with Gasteiger partial charge in [-0.15, -0.1) is 11.3 Å². The molecule has 0 aliphatic heterocycles. The average molecular weight is 335 g/mol. The lowest BCUT2D eigenvalue weighted by Crippen LogP contribution is -2.02. The van der Waals surface area contributed by atoms with Gasteiger partial charge < -0.3 is 5.11 Å². The molecule has 1 unspecified atom stereocenters. The van der Waals surface area contributed by atoms with E-state index in [0.717, 1.165) is 11.3 Å². The van der Waals surface area contributed by atoms with Crippen LogP contribution in [-0.4, -0.2) is 15.3 Å². The Hall–Kier alpha value is -0.880. The SMILES string of the molecule is O=C(O)c1sccc1CS(=O)c1cc(Cl)ccc1Cl. The van der Waals surface area contributed by atoms with Crippen molar-refractivity contribution in [1.82, 2.24) is 0 Å². The highest BCUT2D eigenvalue weighted by Gasteiger charge is 2.16. The summed E-state index contributed by atoms with van der Waals surface area (Å²) in [6.45, 7) is 0. The number of carboxylic acid groups (broad SMARTS) is 1. The molecule has 1 atom stereocenters. The van der Waals surface area contributed by atoms with Gasteiger partial charge in [-0.05, 0) is 35.2 Å². The van der Waals surface area contributed by atoms with E-state index in [9.17, 15) is 9.00 Å². The average Bonchev–Trinajstić information content (AvgIpc) is 2.80. The molecule has 0 spiro atoms. The number of carbonyl (C=O) groups is 1. The van der Waals surface area contributed by atoms with Gasteiger partial charge in [-0.25, -0.2) is 4.79 Å². The summed E-state index contributed by atoms with van der Waals surface area (Å²) < 4.78 is 12.2. The fraction of sp³-hybridized carbons (Fsp3) is 0.0833. The predicted molar refractivity (Wildman–Crippen MR) is 77.9 cm³/mol. The van der Waals surface area contributed by atoms with Crippen molar-refractivity contribution in [3.05, 3.63) is 50.1 Å². The Morgan fingerprint density at radius 3 is 2.74 bits per heavy atom. The van der Waals surface area contributed by atoms with Gasteiger partial charge in [0, 0.05) is 5.02 Å². The van der Waals surface area contributed by atoms with E-state index in [1.54, 1.807) is 23.6 Å². The number of hydrogen-bond donors (Lipinski definition) is 1. The van der Waals surface area contributed by atoms with Gasteiger partial charge in [0.25, 0.3) is 0 Å². The van der Waals surface area contributed by atoms with Crippen LogP contribution in [0.4, 0.5) is 0 Å². The quantitative estimate of drug-likeness (QED) is 0.917. The molecule has 0 aliphatic rings. The number of rotatable bonds is 4. The van der Waals surface area contributed by atoms with Gasteiger partial charge in [-0.2, -0.15) is 0 Å². The van der Waals surface area contributed by atoms with E-state index in [1.165, 1.54) is 6.07 Å². The van der Waals surface area contributed by atoms with Gasteiger partial charge in [0.2, 0.25) is 0 Å². The molecule has 3 nitrogen and oxygen atoms in total. The van der Waals surface area contributed by atoms with Crippen LogP contribution in [0.3, 0.4) is 0 Å². The minimum Gasteiger partial charge on any atom is -0.477 e. The Morgan fingerprint density at radius 2 is 2.05 bits per heavy atom. The Labute approximate surface area is 126 Å². The van der Waals surface area contributed by atoms with Crippen molar-refractivity contribution in [3.8, 4) is 0 Å². The maximum atomic E-state index is 12.2. The number of thiophene rings is 1. The lowest BCUT2D eigenvalue weighted by Gasteiger charge is -2.05. The van der Waals surface area contributed by atoms with E-state index in [1.807, 2.05) is 0 Å². The zero-order chi connectivity index (χ0) is 14.0. The van der Waals surface area contributed by atoms with Crippen LogP contribution < -0.4 is 0 Å². The van der Waals surface area contributed by atoms with Crippen molar-refractivity contribution in [2.45, 2.75) is 10.6 Å². The molecule has 0 radical (unpaired) electrons. The van der Waals surface area contributed by atoms with Crippen molar-refractivity contribution < 1.29 is 14.1 Å². The van der Waals surface area contributed by atoms with Crippen LogP contribution in [0, 0.1) is 0 Å². The van der Waals surface area contributed by atoms with E-state index < -0.39 is 16.8 Å². The minimum atomic E-state index is -1.43. The molecule has 0 saturated heterocycles. The molecule has 0 aliphatic carbocycles. The largest absolute Gasteiger partial charge is 0.477 e. The highest BCUT2D eigenvalue weighted by Crippen LogP contribution is 2.27. The second kappa shape index (κ2) is 6.05. The Bertz CT molecular complexity index is 652. The van der Waals surface area contributed by atoms with E-state index in [4.69, 9.17) is 28.3 Å². The maximum absolute atomic E-state index is 12.2. The van der Waals surface area contributed by atoms with E-state index in [2.05, 4.69) is 0 Å². The van der Waals surface area contributed by atoms with Crippen LogP contribution >= 0.6 is 34.5 Å². The smallest absolute Gasteiger partial charge is 0.346 e. The fourth-order valence-corrected chi connectivity index (χ4v) is 4.19. The third-order valence-corrected chi connectivity index (χ3v) is 5.39. The first-order valence-electron chi connectivity index (χ1n) is 5.12. The number of carboxylic acids is 1. The van der Waals surface area contributed by atoms with Gasteiger partial charge in [-0.3, -0.25) is 4.21 Å². The summed E-state index contributed by atoms with van der Waals surface area (Å²) in [4.78, 5) is 11.6. The first-order chi connectivity index (χ1) is 8.99. The summed E-state index contributed by atoms with van der Waals surface area (Å²) in [7, 11) is -1.43. The molecule has 1 aromatic heterocycles. The van der Waals surface area contributed by atoms with Crippen LogP contribution in [0.25, 0.3) is 0 Å². The molecule has 2 rings (SSSR count). The Kier molecular flexibility index (Phi) is 4.62. The van der Waals surface area contributed by atoms with Gasteiger partial charge >= 0.3 is 5.97 Å². The van der Waals surface area contributed by atoms with Crippen LogP contribution in [0.5, 0.6) is 0 Å². The number of benzene rings is 1. The Balaban J connectivity index is 2.28. The topological polar surface area (TPSA) is 54.4 Å². The molecule has 1 aromatic carbocycles. The molecular weight excluding hydrogens is 327 g/mol. The monoisotopic (exact) mass is 334 g/mol. The highest BCUT2D eigenvalue weighted by atomic mass is 35.5. The normalized spacial score (nSPS) is 12.3. The maximum Gasteiger partial charge on any atom is 0.346 e. The first kappa shape index (κ1) is 14.5. The fourth-order valence-electron chi connectivity index (χ4n) is 1.51. The number of aromatic carboxylic acids is 1. The zero-order valence-electron chi connectivity index (χ0n) is 9.43. The third kappa shape index (κ3) is 3.36. The summed E-state index contributed by atoms with van der Waals surface area (Å²) in [6, 6.07) is 6.37. The summed E-state index contributed by atoms with van der Waals surface area (Å²) in [6.07, 6.45) is 0. The van der Waals surface area contributed by atoms with Crippen molar-refractivity contribution in [2.75, 3.05) is 0 Å². The zero-order valence-corrected chi connectivity index (χ0v) is 12.6. The van der Waals surface area contributed by atoms with Gasteiger partial charge in [-0.1, -0.05) is 23.2 Å².